The monoisotopic (exact) mass is 587 g/mol. The molecule has 0 aliphatic heterocycles. The van der Waals surface area contributed by atoms with Gasteiger partial charge in [-0.25, -0.2) is 0 Å². The molecule has 0 bridgehead atoms. The molecule has 0 unspecified atom stereocenters. The summed E-state index contributed by atoms with van der Waals surface area (Å²) < 4.78 is 0. The highest BCUT2D eigenvalue weighted by atomic mass is 35.5. The van der Waals surface area contributed by atoms with E-state index in [-0.39, 0.29) is 0 Å². The Balaban J connectivity index is 2.45. The third kappa shape index (κ3) is 4.86. The molecule has 0 radical (unpaired) electrons. The summed E-state index contributed by atoms with van der Waals surface area (Å²) in [5, 5.41) is 6.99. The van der Waals surface area contributed by atoms with Gasteiger partial charge in [-0.15, -0.1) is 0 Å². The highest BCUT2D eigenvalue weighted by molar-refractivity contribution is 8.02. The van der Waals surface area contributed by atoms with Crippen LogP contribution >= 0.6 is 53.7 Å². The van der Waals surface area contributed by atoms with E-state index in [4.69, 9.17) is 46.4 Å². The van der Waals surface area contributed by atoms with Gasteiger partial charge in [-0.1, -0.05) is 70.7 Å². The Morgan fingerprint density at radius 1 is 0.351 bits per heavy atom. The summed E-state index contributed by atoms with van der Waals surface area (Å²) in [6, 6.07) is 17.3. The molecule has 4 rings (SSSR count). The van der Waals surface area contributed by atoms with E-state index in [9.17, 15) is 0 Å². The minimum absolute atomic E-state index is 0.722. The first-order valence-electron chi connectivity index (χ1n) is 12.3. The van der Waals surface area contributed by atoms with Crippen molar-refractivity contribution in [1.82, 2.24) is 0 Å². The molecule has 37 heavy (non-hydrogen) atoms. The molecular weight excluding hydrogens is 557 g/mol. The molecule has 4 aromatic carbocycles. The minimum Gasteiger partial charge on any atom is -0.0797 e. The number of hydrogen-bond donors (Lipinski definition) is 0. The van der Waals surface area contributed by atoms with Gasteiger partial charge in [-0.2, -0.15) is 0 Å². The summed E-state index contributed by atoms with van der Waals surface area (Å²) in [6.07, 6.45) is 0. The van der Waals surface area contributed by atoms with Gasteiger partial charge in [-0.3, -0.25) is 0 Å². The van der Waals surface area contributed by atoms with Crippen LogP contribution in [-0.2, 0) is 0 Å². The average molecular weight is 589 g/mol. The Hall–Kier alpha value is -1.53. The smallest absolute Gasteiger partial charge is 0.0797 e. The Labute approximate surface area is 242 Å². The molecule has 0 nitrogen and oxygen atoms in total. The molecule has 192 valence electrons. The van der Waals surface area contributed by atoms with E-state index in [1.165, 1.54) is 0 Å². The van der Waals surface area contributed by atoms with E-state index in [0.29, 0.717) is 0 Å². The first kappa shape index (κ1) is 28.5. The second-order valence-electron chi connectivity index (χ2n) is 10.3. The Kier molecular flexibility index (Phi) is 8.13. The predicted octanol–water partition coefficient (Wildman–Crippen LogP) is 9.39. The molecule has 0 amide bonds. The minimum atomic E-state index is -2.80. The third-order valence-corrected chi connectivity index (χ3v) is 13.8. The molecule has 0 saturated heterocycles. The van der Waals surface area contributed by atoms with Gasteiger partial charge < -0.3 is 0 Å². The lowest BCUT2D eigenvalue weighted by atomic mass is 10.1. The van der Waals surface area contributed by atoms with Crippen LogP contribution in [0.3, 0.4) is 0 Å². The predicted molar refractivity (Wildman–Crippen MR) is 169 cm³/mol. The van der Waals surface area contributed by atoms with Crippen molar-refractivity contribution in [2.75, 3.05) is 0 Å². The van der Waals surface area contributed by atoms with Crippen molar-refractivity contribution in [3.63, 3.8) is 0 Å². The van der Waals surface area contributed by atoms with Crippen LogP contribution in [0, 0.1) is 55.4 Å². The number of benzene rings is 4. The highest BCUT2D eigenvalue weighted by Crippen LogP contribution is 2.60. The maximum absolute atomic E-state index is 7.29. The van der Waals surface area contributed by atoms with Gasteiger partial charge in [0, 0.05) is 0 Å². The van der Waals surface area contributed by atoms with E-state index >= 15 is 0 Å². The number of aryl methyl sites for hydroxylation is 8. The summed E-state index contributed by atoms with van der Waals surface area (Å²) >= 11 is 29.2. The van der Waals surface area contributed by atoms with Gasteiger partial charge in [0.2, 0.25) is 0 Å². The second-order valence-corrected chi connectivity index (χ2v) is 15.1. The molecule has 0 N–H and O–H groups in total. The lowest BCUT2D eigenvalue weighted by molar-refractivity contribution is 1.39. The Bertz CT molecular complexity index is 1320. The molecule has 0 aromatic heterocycles. The molecule has 0 spiro atoms. The van der Waals surface area contributed by atoms with Crippen LogP contribution < -0.4 is 21.2 Å². The van der Waals surface area contributed by atoms with Crippen LogP contribution in [0.1, 0.15) is 44.5 Å². The topological polar surface area (TPSA) is 0 Å². The van der Waals surface area contributed by atoms with Crippen molar-refractivity contribution >= 4 is 74.9 Å². The van der Waals surface area contributed by atoms with Gasteiger partial charge in [0.15, 0.2) is 7.26 Å². The van der Waals surface area contributed by atoms with E-state index < -0.39 is 7.26 Å². The van der Waals surface area contributed by atoms with Gasteiger partial charge in [0.1, 0.15) is 21.2 Å². The molecule has 0 aliphatic rings. The zero-order chi connectivity index (χ0) is 27.4. The van der Waals surface area contributed by atoms with Crippen molar-refractivity contribution in [3.8, 4) is 0 Å². The van der Waals surface area contributed by atoms with Crippen molar-refractivity contribution in [3.05, 3.63) is 113 Å². The zero-order valence-corrected chi connectivity index (χ0v) is 26.5. The molecule has 0 aliphatic carbocycles. The van der Waals surface area contributed by atoms with E-state index in [1.54, 1.807) is 0 Å². The molecule has 0 atom stereocenters. The number of hydrogen-bond acceptors (Lipinski definition) is 0. The van der Waals surface area contributed by atoms with Gasteiger partial charge >= 0.3 is 0 Å². The molecule has 5 heteroatoms. The van der Waals surface area contributed by atoms with Crippen molar-refractivity contribution in [2.24, 2.45) is 0 Å². The second kappa shape index (κ2) is 10.6. The van der Waals surface area contributed by atoms with Crippen LogP contribution in [0.4, 0.5) is 0 Å². The fourth-order valence-electron chi connectivity index (χ4n) is 5.47. The average Bonchev–Trinajstić information content (AvgIpc) is 2.80. The van der Waals surface area contributed by atoms with Crippen LogP contribution in [0.25, 0.3) is 0 Å². The summed E-state index contributed by atoms with van der Waals surface area (Å²) in [6.45, 7) is 16.7. The van der Waals surface area contributed by atoms with Crippen LogP contribution in [0.2, 0.25) is 20.1 Å². The van der Waals surface area contributed by atoms with Crippen molar-refractivity contribution in [1.29, 1.82) is 0 Å². The first-order chi connectivity index (χ1) is 17.3. The summed E-state index contributed by atoms with van der Waals surface area (Å²) in [4.78, 5) is 0. The molecule has 0 fully saturated rings. The number of halogens is 4. The summed E-state index contributed by atoms with van der Waals surface area (Å²) in [5.74, 6) is 0. The largest absolute Gasteiger partial charge is 0.150 e. The van der Waals surface area contributed by atoms with Gasteiger partial charge in [0.05, 0.1) is 20.1 Å². The van der Waals surface area contributed by atoms with E-state index in [1.807, 2.05) is 0 Å². The fraction of sp³-hybridized carbons (Fsp3) is 0.250. The molecular formula is C32H32Cl4P+. The van der Waals surface area contributed by atoms with Crippen LogP contribution in [0.15, 0.2) is 48.5 Å². The lowest BCUT2D eigenvalue weighted by Gasteiger charge is -2.32. The highest BCUT2D eigenvalue weighted by Gasteiger charge is 2.54. The third-order valence-electron chi connectivity index (χ3n) is 6.96. The maximum atomic E-state index is 7.29. The van der Waals surface area contributed by atoms with Crippen molar-refractivity contribution in [2.45, 2.75) is 55.4 Å². The van der Waals surface area contributed by atoms with E-state index in [2.05, 4.69) is 104 Å². The maximum Gasteiger partial charge on any atom is 0.150 e. The number of rotatable bonds is 4. The first-order valence-corrected chi connectivity index (χ1v) is 15.6. The van der Waals surface area contributed by atoms with Crippen LogP contribution in [-0.4, -0.2) is 0 Å². The molecule has 4 aromatic rings. The quantitative estimate of drug-likeness (QED) is 0.208. The molecule has 0 heterocycles. The lowest BCUT2D eigenvalue weighted by Crippen LogP contribution is -2.42. The fourth-order valence-corrected chi connectivity index (χ4v) is 12.5. The SMILES string of the molecule is Cc1cc(C)c(Cl)c([P+](c2cc(C)cc(C)c2Cl)(c2cc(C)cc(C)c2Cl)c2cc(C)cc(C)c2Cl)c1. The van der Waals surface area contributed by atoms with Gasteiger partial charge in [0.25, 0.3) is 0 Å². The van der Waals surface area contributed by atoms with E-state index in [0.717, 1.165) is 85.8 Å². The van der Waals surface area contributed by atoms with Gasteiger partial charge in [-0.05, 0) is 124 Å². The summed E-state index contributed by atoms with van der Waals surface area (Å²) in [7, 11) is -2.80. The standard InChI is InChI=1S/C32H32Cl4P/c1-17-9-21(5)29(33)25(13-17)37(26-14-18(2)10-22(6)30(26)34,27-15-19(3)11-23(7)31(27)35)28-16-20(4)12-24(8)32(28)36/h9-16H,1-8H3/q+1. The van der Waals surface area contributed by atoms with Crippen molar-refractivity contribution < 1.29 is 0 Å². The van der Waals surface area contributed by atoms with Crippen LogP contribution in [0.5, 0.6) is 0 Å². The Morgan fingerprint density at radius 3 is 0.730 bits per heavy atom. The summed E-state index contributed by atoms with van der Waals surface area (Å²) in [5.41, 5.74) is 8.58. The molecule has 0 saturated carbocycles. The normalized spacial score (nSPS) is 11.8. The zero-order valence-electron chi connectivity index (χ0n) is 22.6. The Morgan fingerprint density at radius 2 is 0.541 bits per heavy atom.